The van der Waals surface area contributed by atoms with Crippen molar-refractivity contribution in [2.75, 3.05) is 6.61 Å². The zero-order chi connectivity index (χ0) is 24.4. The van der Waals surface area contributed by atoms with E-state index in [-0.39, 0.29) is 17.8 Å². The first kappa shape index (κ1) is 23.9. The van der Waals surface area contributed by atoms with Gasteiger partial charge in [0.25, 0.3) is 0 Å². The van der Waals surface area contributed by atoms with Crippen molar-refractivity contribution in [1.82, 2.24) is 0 Å². The molecule has 0 spiro atoms. The minimum absolute atomic E-state index is 0.0816. The minimum Gasteiger partial charge on any atom is -0.368 e. The van der Waals surface area contributed by atoms with Crippen LogP contribution in [0.2, 0.25) is 0 Å². The highest BCUT2D eigenvalue weighted by atomic mass is 19.2. The van der Waals surface area contributed by atoms with E-state index < -0.39 is 11.6 Å². The third kappa shape index (κ3) is 5.38. The van der Waals surface area contributed by atoms with E-state index in [9.17, 15) is 4.39 Å². The van der Waals surface area contributed by atoms with Crippen molar-refractivity contribution in [3.63, 3.8) is 0 Å². The first-order chi connectivity index (χ1) is 17.0. The SMILES string of the molecule is C/C=C/C1CCC(c2ccc(-c3ccc(CCc4ccc(C5CO5)c(F)c4)cc3)c(F)c2F)CC1. The van der Waals surface area contributed by atoms with Gasteiger partial charge in [-0.2, -0.15) is 0 Å². The summed E-state index contributed by atoms with van der Waals surface area (Å²) >= 11 is 0. The van der Waals surface area contributed by atoms with Crippen molar-refractivity contribution in [2.24, 2.45) is 5.92 Å². The number of ether oxygens (including phenoxy) is 1. The average molecular weight is 477 g/mol. The standard InChI is InChI=1S/C31H31F3O/c1-2-3-20-6-11-23(12-7-20)25-16-17-26(31(34)30(25)33)24-13-8-21(9-14-24)4-5-22-10-15-27(28(32)18-22)29-19-35-29/h2-3,8-10,13-18,20,23,29H,4-7,11-12,19H2,1H3/b3-2+. The van der Waals surface area contributed by atoms with Gasteiger partial charge in [0.1, 0.15) is 11.9 Å². The maximum absolute atomic E-state index is 15.1. The molecule has 0 amide bonds. The molecule has 0 aromatic heterocycles. The fourth-order valence-electron chi connectivity index (χ4n) is 5.35. The molecule has 1 saturated heterocycles. The summed E-state index contributed by atoms with van der Waals surface area (Å²) < 4.78 is 49.5. The van der Waals surface area contributed by atoms with Crippen molar-refractivity contribution < 1.29 is 17.9 Å². The molecule has 2 fully saturated rings. The molecular weight excluding hydrogens is 445 g/mol. The van der Waals surface area contributed by atoms with Crippen LogP contribution in [0.4, 0.5) is 13.2 Å². The number of hydrogen-bond donors (Lipinski definition) is 0. The third-order valence-electron chi connectivity index (χ3n) is 7.50. The highest BCUT2D eigenvalue weighted by Gasteiger charge is 2.28. The van der Waals surface area contributed by atoms with Gasteiger partial charge in [0.2, 0.25) is 0 Å². The van der Waals surface area contributed by atoms with Crippen molar-refractivity contribution in [3.8, 4) is 11.1 Å². The van der Waals surface area contributed by atoms with E-state index in [2.05, 4.69) is 12.2 Å². The zero-order valence-electron chi connectivity index (χ0n) is 20.1. The Morgan fingerprint density at radius 2 is 1.46 bits per heavy atom. The fraction of sp³-hybridized carbons (Fsp3) is 0.355. The number of hydrogen-bond acceptors (Lipinski definition) is 1. The molecule has 0 bridgehead atoms. The number of benzene rings is 3. The predicted molar refractivity (Wildman–Crippen MR) is 134 cm³/mol. The maximum atomic E-state index is 15.1. The molecule has 35 heavy (non-hydrogen) atoms. The molecule has 1 atom stereocenters. The first-order valence-corrected chi connectivity index (χ1v) is 12.6. The molecule has 1 saturated carbocycles. The Balaban J connectivity index is 1.24. The van der Waals surface area contributed by atoms with E-state index in [0.29, 0.717) is 41.2 Å². The molecule has 1 aliphatic carbocycles. The second kappa shape index (κ2) is 10.4. The molecule has 1 heterocycles. The smallest absolute Gasteiger partial charge is 0.166 e. The lowest BCUT2D eigenvalue weighted by atomic mass is 9.78. The van der Waals surface area contributed by atoms with Crippen molar-refractivity contribution >= 4 is 0 Å². The van der Waals surface area contributed by atoms with Crippen LogP contribution in [0.25, 0.3) is 11.1 Å². The maximum Gasteiger partial charge on any atom is 0.166 e. The Kier molecular flexibility index (Phi) is 7.10. The predicted octanol–water partition coefficient (Wildman–Crippen LogP) is 8.48. The largest absolute Gasteiger partial charge is 0.368 e. The van der Waals surface area contributed by atoms with Gasteiger partial charge in [-0.3, -0.25) is 0 Å². The van der Waals surface area contributed by atoms with E-state index >= 15 is 8.78 Å². The molecule has 1 aliphatic heterocycles. The fourth-order valence-corrected chi connectivity index (χ4v) is 5.35. The van der Waals surface area contributed by atoms with Gasteiger partial charge in [-0.25, -0.2) is 13.2 Å². The van der Waals surface area contributed by atoms with Gasteiger partial charge in [0, 0.05) is 11.1 Å². The lowest BCUT2D eigenvalue weighted by Crippen LogP contribution is -2.13. The van der Waals surface area contributed by atoms with Crippen LogP contribution in [0, 0.1) is 23.4 Å². The van der Waals surface area contributed by atoms with Crippen LogP contribution < -0.4 is 0 Å². The summed E-state index contributed by atoms with van der Waals surface area (Å²) in [6.45, 7) is 2.62. The van der Waals surface area contributed by atoms with E-state index in [1.807, 2.05) is 37.3 Å². The lowest BCUT2D eigenvalue weighted by Gasteiger charge is -2.27. The van der Waals surface area contributed by atoms with Gasteiger partial charge in [-0.15, -0.1) is 0 Å². The van der Waals surface area contributed by atoms with E-state index in [4.69, 9.17) is 4.74 Å². The molecular formula is C31H31F3O. The third-order valence-corrected chi connectivity index (χ3v) is 7.50. The number of allylic oxidation sites excluding steroid dienone is 2. The molecule has 0 radical (unpaired) electrons. The van der Waals surface area contributed by atoms with Gasteiger partial charge in [-0.1, -0.05) is 60.7 Å². The summed E-state index contributed by atoms with van der Waals surface area (Å²) in [6.07, 6.45) is 9.47. The Morgan fingerprint density at radius 3 is 2.11 bits per heavy atom. The molecule has 4 heteroatoms. The average Bonchev–Trinajstić information content (AvgIpc) is 3.71. The molecule has 5 rings (SSSR count). The second-order valence-corrected chi connectivity index (χ2v) is 9.84. The Labute approximate surface area is 205 Å². The van der Waals surface area contributed by atoms with Crippen LogP contribution in [-0.2, 0) is 17.6 Å². The molecule has 182 valence electrons. The highest BCUT2D eigenvalue weighted by Crippen LogP contribution is 2.39. The number of halogens is 3. The Bertz CT molecular complexity index is 1200. The highest BCUT2D eigenvalue weighted by molar-refractivity contribution is 5.65. The van der Waals surface area contributed by atoms with Gasteiger partial charge in [0.15, 0.2) is 11.6 Å². The molecule has 1 nitrogen and oxygen atoms in total. The lowest BCUT2D eigenvalue weighted by molar-refractivity contribution is 0.364. The summed E-state index contributed by atoms with van der Waals surface area (Å²) in [7, 11) is 0. The Morgan fingerprint density at radius 1 is 0.800 bits per heavy atom. The summed E-state index contributed by atoms with van der Waals surface area (Å²) in [4.78, 5) is 0. The topological polar surface area (TPSA) is 12.5 Å². The normalized spacial score (nSPS) is 22.0. The summed E-state index contributed by atoms with van der Waals surface area (Å²) in [5.74, 6) is -1.05. The summed E-state index contributed by atoms with van der Waals surface area (Å²) in [6, 6.07) is 16.4. The van der Waals surface area contributed by atoms with Crippen LogP contribution in [0.1, 0.15) is 66.9 Å². The molecule has 1 unspecified atom stereocenters. The van der Waals surface area contributed by atoms with Gasteiger partial charge < -0.3 is 4.74 Å². The van der Waals surface area contributed by atoms with Gasteiger partial charge in [0.05, 0.1) is 6.61 Å². The van der Waals surface area contributed by atoms with Gasteiger partial charge >= 0.3 is 0 Å². The van der Waals surface area contributed by atoms with E-state index in [1.54, 1.807) is 24.3 Å². The van der Waals surface area contributed by atoms with E-state index in [1.165, 1.54) is 0 Å². The molecule has 0 N–H and O–H groups in total. The van der Waals surface area contributed by atoms with Crippen molar-refractivity contribution in [2.45, 2.75) is 57.5 Å². The van der Waals surface area contributed by atoms with Crippen LogP contribution in [0.3, 0.4) is 0 Å². The first-order valence-electron chi connectivity index (χ1n) is 12.6. The van der Waals surface area contributed by atoms with Crippen LogP contribution in [0.5, 0.6) is 0 Å². The molecule has 3 aromatic carbocycles. The monoisotopic (exact) mass is 476 g/mol. The number of rotatable bonds is 7. The molecule has 2 aliphatic rings. The van der Waals surface area contributed by atoms with Crippen LogP contribution in [-0.4, -0.2) is 6.61 Å². The van der Waals surface area contributed by atoms with E-state index in [0.717, 1.165) is 43.2 Å². The van der Waals surface area contributed by atoms with Crippen molar-refractivity contribution in [1.29, 1.82) is 0 Å². The molecule has 3 aromatic rings. The summed E-state index contributed by atoms with van der Waals surface area (Å²) in [5.41, 5.74) is 4.08. The van der Waals surface area contributed by atoms with Crippen molar-refractivity contribution in [3.05, 3.63) is 106 Å². The van der Waals surface area contributed by atoms with Crippen LogP contribution in [0.15, 0.2) is 66.7 Å². The zero-order valence-corrected chi connectivity index (χ0v) is 20.1. The van der Waals surface area contributed by atoms with Crippen LogP contribution >= 0.6 is 0 Å². The minimum atomic E-state index is -0.763. The summed E-state index contributed by atoms with van der Waals surface area (Å²) in [5, 5.41) is 0. The quantitative estimate of drug-likeness (QED) is 0.246. The Hall–Kier alpha value is -2.85. The number of aryl methyl sites for hydroxylation is 2. The second-order valence-electron chi connectivity index (χ2n) is 9.84. The number of epoxide rings is 1. The van der Waals surface area contributed by atoms with Gasteiger partial charge in [-0.05, 0) is 85.6 Å².